The third-order valence-corrected chi connectivity index (χ3v) is 7.94. The van der Waals surface area contributed by atoms with Crippen molar-refractivity contribution >= 4 is 38.0 Å². The maximum absolute atomic E-state index is 15.1. The highest BCUT2D eigenvalue weighted by molar-refractivity contribution is 7.91. The topological polar surface area (TPSA) is 59.4 Å². The first-order chi connectivity index (χ1) is 15.3. The van der Waals surface area contributed by atoms with Crippen molar-refractivity contribution in [2.45, 2.75) is 55.4 Å². The smallest absolute Gasteiger partial charge is 0.211 e. The van der Waals surface area contributed by atoms with Crippen molar-refractivity contribution in [1.29, 1.82) is 0 Å². The number of piperidine rings is 1. The van der Waals surface area contributed by atoms with Gasteiger partial charge in [0, 0.05) is 30.9 Å². The number of aromatic nitrogens is 1. The molecule has 0 aliphatic carbocycles. The second kappa shape index (κ2) is 9.24. The van der Waals surface area contributed by atoms with Crippen molar-refractivity contribution < 1.29 is 12.8 Å². The van der Waals surface area contributed by atoms with Crippen molar-refractivity contribution in [3.05, 3.63) is 63.7 Å². The van der Waals surface area contributed by atoms with E-state index in [2.05, 4.69) is 0 Å². The molecule has 0 spiro atoms. The summed E-state index contributed by atoms with van der Waals surface area (Å²) in [5.74, 6) is -0.504. The van der Waals surface area contributed by atoms with Crippen LogP contribution in [0.3, 0.4) is 0 Å². The van der Waals surface area contributed by atoms with E-state index >= 15 is 4.39 Å². The van der Waals surface area contributed by atoms with E-state index in [1.165, 1.54) is 30.5 Å². The molecule has 4 rings (SSSR count). The van der Waals surface area contributed by atoms with Crippen molar-refractivity contribution in [3.8, 4) is 0 Å². The molecule has 0 radical (unpaired) electrons. The van der Waals surface area contributed by atoms with Gasteiger partial charge in [0.05, 0.1) is 21.5 Å². The molecule has 0 amide bonds. The van der Waals surface area contributed by atoms with E-state index in [9.17, 15) is 13.2 Å². The van der Waals surface area contributed by atoms with Gasteiger partial charge < -0.3 is 9.47 Å². The Morgan fingerprint density at radius 2 is 1.84 bits per heavy atom. The maximum Gasteiger partial charge on any atom is 0.211 e. The predicted molar refractivity (Wildman–Crippen MR) is 126 cm³/mol. The monoisotopic (exact) mass is 476 g/mol. The third-order valence-electron chi connectivity index (χ3n) is 5.96. The number of rotatable bonds is 6. The van der Waals surface area contributed by atoms with Gasteiger partial charge in [-0.2, -0.15) is 0 Å². The van der Waals surface area contributed by atoms with Crippen LogP contribution >= 0.6 is 11.6 Å². The van der Waals surface area contributed by atoms with Crippen molar-refractivity contribution in [2.24, 2.45) is 0 Å². The summed E-state index contributed by atoms with van der Waals surface area (Å²) in [6, 6.07) is 8.70. The van der Waals surface area contributed by atoms with Crippen molar-refractivity contribution in [1.82, 2.24) is 4.57 Å². The van der Waals surface area contributed by atoms with Gasteiger partial charge in [-0.05, 0) is 56.0 Å². The van der Waals surface area contributed by atoms with Crippen LogP contribution in [0.1, 0.15) is 39.0 Å². The Labute approximate surface area is 192 Å². The van der Waals surface area contributed by atoms with Gasteiger partial charge in [-0.15, -0.1) is 0 Å². The van der Waals surface area contributed by atoms with E-state index in [4.69, 9.17) is 11.6 Å². The summed E-state index contributed by atoms with van der Waals surface area (Å²) in [5, 5.41) is 0.331. The lowest BCUT2D eigenvalue weighted by Crippen LogP contribution is -2.30. The van der Waals surface area contributed by atoms with Crippen molar-refractivity contribution in [3.63, 3.8) is 0 Å². The molecule has 0 N–H and O–H groups in total. The standard InChI is InChI=1S/C24H26ClFN2O3S/c1-2-3-10-28-16-23(32(30,31)18-9-7-8-17(25)13-18)24(29)19-14-20(26)22(15-21(19)28)27-11-5-4-6-12-27/h7-9,13-16H,2-6,10-12H2,1H3. The van der Waals surface area contributed by atoms with Gasteiger partial charge in [-0.3, -0.25) is 4.79 Å². The number of halogens is 2. The number of anilines is 1. The van der Waals surface area contributed by atoms with E-state index in [0.29, 0.717) is 17.7 Å². The lowest BCUT2D eigenvalue weighted by molar-refractivity contribution is 0.557. The SMILES string of the molecule is CCCCn1cc(S(=O)(=O)c2cccc(Cl)c2)c(=O)c2cc(F)c(N3CCCCC3)cc21. The molecule has 1 aliphatic rings. The summed E-state index contributed by atoms with van der Waals surface area (Å²) in [7, 11) is -4.13. The molecule has 3 aromatic rings. The third kappa shape index (κ3) is 4.28. The van der Waals surface area contributed by atoms with Gasteiger partial charge in [0.15, 0.2) is 0 Å². The summed E-state index contributed by atoms with van der Waals surface area (Å²) in [4.78, 5) is 14.9. The van der Waals surface area contributed by atoms with Crippen molar-refractivity contribution in [2.75, 3.05) is 18.0 Å². The zero-order chi connectivity index (χ0) is 22.9. The Balaban J connectivity index is 1.94. The minimum Gasteiger partial charge on any atom is -0.369 e. The second-order valence-corrected chi connectivity index (χ2v) is 10.6. The lowest BCUT2D eigenvalue weighted by atomic mass is 10.1. The highest BCUT2D eigenvalue weighted by atomic mass is 35.5. The molecule has 1 aromatic heterocycles. The molecule has 1 aliphatic heterocycles. The molecular weight excluding hydrogens is 451 g/mol. The van der Waals surface area contributed by atoms with E-state index in [0.717, 1.165) is 45.2 Å². The number of pyridine rings is 1. The first-order valence-electron chi connectivity index (χ1n) is 10.9. The molecule has 2 heterocycles. The fourth-order valence-corrected chi connectivity index (χ4v) is 5.88. The number of hydrogen-bond donors (Lipinski definition) is 0. The summed E-state index contributed by atoms with van der Waals surface area (Å²) < 4.78 is 43.5. The van der Waals surface area contributed by atoms with Gasteiger partial charge in [0.1, 0.15) is 10.7 Å². The largest absolute Gasteiger partial charge is 0.369 e. The van der Waals surface area contributed by atoms with E-state index in [1.807, 2.05) is 11.8 Å². The molecule has 2 aromatic carbocycles. The lowest BCUT2D eigenvalue weighted by Gasteiger charge is -2.29. The zero-order valence-corrected chi connectivity index (χ0v) is 19.6. The van der Waals surface area contributed by atoms with Crippen LogP contribution in [0.5, 0.6) is 0 Å². The minimum absolute atomic E-state index is 0.0612. The summed E-state index contributed by atoms with van der Waals surface area (Å²) in [6.45, 7) is 4.09. The first kappa shape index (κ1) is 22.8. The number of hydrogen-bond acceptors (Lipinski definition) is 4. The highest BCUT2D eigenvalue weighted by Gasteiger charge is 2.25. The number of benzene rings is 2. The molecule has 170 valence electrons. The Hall–Kier alpha value is -2.38. The number of fused-ring (bicyclic) bond motifs is 1. The molecule has 1 saturated heterocycles. The number of nitrogens with zero attached hydrogens (tertiary/aromatic N) is 2. The first-order valence-corrected chi connectivity index (χ1v) is 12.8. The Bertz CT molecular complexity index is 1310. The molecule has 0 bridgehead atoms. The quantitative estimate of drug-likeness (QED) is 0.476. The summed E-state index contributed by atoms with van der Waals surface area (Å²) >= 11 is 5.98. The highest BCUT2D eigenvalue weighted by Crippen LogP contribution is 2.29. The fraction of sp³-hybridized carbons (Fsp3) is 0.375. The fourth-order valence-electron chi connectivity index (χ4n) is 4.22. The Morgan fingerprint density at radius 3 is 2.53 bits per heavy atom. The van der Waals surface area contributed by atoms with Crippen LogP contribution in [0.2, 0.25) is 5.02 Å². The molecule has 0 atom stereocenters. The van der Waals surface area contributed by atoms with Crippen LogP contribution in [0.4, 0.5) is 10.1 Å². The van der Waals surface area contributed by atoms with E-state index in [1.54, 1.807) is 16.7 Å². The maximum atomic E-state index is 15.1. The minimum atomic E-state index is -4.13. The molecule has 8 heteroatoms. The predicted octanol–water partition coefficient (Wildman–Crippen LogP) is 5.42. The van der Waals surface area contributed by atoms with Gasteiger partial charge >= 0.3 is 0 Å². The molecular formula is C24H26ClFN2O3S. The Morgan fingerprint density at radius 1 is 1.09 bits per heavy atom. The molecule has 5 nitrogen and oxygen atoms in total. The van der Waals surface area contributed by atoms with Gasteiger partial charge in [0.2, 0.25) is 15.3 Å². The van der Waals surface area contributed by atoms with Gasteiger partial charge in [-0.25, -0.2) is 12.8 Å². The van der Waals surface area contributed by atoms with Crippen LogP contribution < -0.4 is 10.3 Å². The number of aryl methyl sites for hydroxylation is 1. The zero-order valence-electron chi connectivity index (χ0n) is 18.0. The number of unbranched alkanes of at least 4 members (excludes halogenated alkanes) is 1. The summed E-state index contributed by atoms with van der Waals surface area (Å²) in [6.07, 6.45) is 6.20. The Kier molecular flexibility index (Phi) is 6.58. The summed E-state index contributed by atoms with van der Waals surface area (Å²) in [5.41, 5.74) is 0.319. The molecule has 1 fully saturated rings. The van der Waals surface area contributed by atoms with E-state index < -0.39 is 21.1 Å². The van der Waals surface area contributed by atoms with Crippen LogP contribution in [0.25, 0.3) is 10.9 Å². The molecule has 0 saturated carbocycles. The average Bonchev–Trinajstić information content (AvgIpc) is 2.79. The normalized spacial score (nSPS) is 14.8. The number of sulfone groups is 1. The van der Waals surface area contributed by atoms with Gasteiger partial charge in [0.25, 0.3) is 0 Å². The van der Waals surface area contributed by atoms with Crippen LogP contribution in [0, 0.1) is 5.82 Å². The average molecular weight is 477 g/mol. The molecule has 32 heavy (non-hydrogen) atoms. The van der Waals surface area contributed by atoms with Crippen LogP contribution in [-0.4, -0.2) is 26.1 Å². The van der Waals surface area contributed by atoms with Gasteiger partial charge in [-0.1, -0.05) is 31.0 Å². The van der Waals surface area contributed by atoms with Crippen LogP contribution in [0.15, 0.2) is 57.2 Å². The second-order valence-electron chi connectivity index (χ2n) is 8.20. The van der Waals surface area contributed by atoms with E-state index in [-0.39, 0.29) is 20.2 Å². The van der Waals surface area contributed by atoms with Crippen LogP contribution in [-0.2, 0) is 16.4 Å². The molecule has 0 unspecified atom stereocenters.